The van der Waals surface area contributed by atoms with E-state index in [2.05, 4.69) is 27.3 Å². The summed E-state index contributed by atoms with van der Waals surface area (Å²) in [6.07, 6.45) is 2.24. The van der Waals surface area contributed by atoms with E-state index in [1.807, 2.05) is 27.8 Å². The van der Waals surface area contributed by atoms with Crippen LogP contribution in [0.15, 0.2) is 23.4 Å². The molecule has 1 saturated heterocycles. The molecule has 7 nitrogen and oxygen atoms in total. The zero-order valence-electron chi connectivity index (χ0n) is 14.6. The second kappa shape index (κ2) is 7.44. The maximum Gasteiger partial charge on any atom is 0.233 e. The predicted molar refractivity (Wildman–Crippen MR) is 102 cm³/mol. The topological polar surface area (TPSA) is 67.2 Å². The molecule has 1 aromatic heterocycles. The number of aryl methyl sites for hydroxylation is 1. The first-order valence-corrected chi connectivity index (χ1v) is 10.2. The molecule has 2 fully saturated rings. The summed E-state index contributed by atoms with van der Waals surface area (Å²) in [4.78, 5) is 16.8. The third kappa shape index (κ3) is 3.81. The van der Waals surface area contributed by atoms with Crippen LogP contribution < -0.4 is 4.90 Å². The van der Waals surface area contributed by atoms with Crippen molar-refractivity contribution in [3.63, 3.8) is 0 Å². The summed E-state index contributed by atoms with van der Waals surface area (Å²) < 4.78 is 1.85. The highest BCUT2D eigenvalue weighted by molar-refractivity contribution is 7.99. The van der Waals surface area contributed by atoms with Crippen LogP contribution in [0.2, 0.25) is 5.02 Å². The third-order valence-electron chi connectivity index (χ3n) is 4.82. The van der Waals surface area contributed by atoms with Crippen LogP contribution in [0.3, 0.4) is 0 Å². The Morgan fingerprint density at radius 2 is 2.04 bits per heavy atom. The lowest BCUT2D eigenvalue weighted by molar-refractivity contribution is -0.128. The van der Waals surface area contributed by atoms with Crippen molar-refractivity contribution < 1.29 is 4.79 Å². The van der Waals surface area contributed by atoms with Gasteiger partial charge in [-0.2, -0.15) is 0 Å². The number of piperazine rings is 1. The van der Waals surface area contributed by atoms with Gasteiger partial charge in [-0.05, 0) is 47.9 Å². The molecule has 2 aliphatic rings. The Bertz CT molecular complexity index is 800. The SMILES string of the molecule is Cc1ccc(Cl)cc1N1CCN(C(=O)CSc2nnnn2C2CC2)CC1. The van der Waals surface area contributed by atoms with E-state index in [1.54, 1.807) is 0 Å². The van der Waals surface area contributed by atoms with E-state index in [9.17, 15) is 4.79 Å². The number of hydrogen-bond acceptors (Lipinski definition) is 6. The number of carbonyl (C=O) groups is 1. The summed E-state index contributed by atoms with van der Waals surface area (Å²) in [5.74, 6) is 0.520. The highest BCUT2D eigenvalue weighted by Gasteiger charge is 2.29. The van der Waals surface area contributed by atoms with Gasteiger partial charge < -0.3 is 9.80 Å². The molecule has 0 spiro atoms. The normalized spacial score (nSPS) is 17.6. The standard InChI is InChI=1S/C17H21ClN6OS/c1-12-2-3-13(18)10-15(12)22-6-8-23(9-7-22)16(25)11-26-17-19-20-21-24(17)14-4-5-14/h2-3,10,14H,4-9,11H2,1H3. The predicted octanol–water partition coefficient (Wildman–Crippen LogP) is 2.41. The summed E-state index contributed by atoms with van der Waals surface area (Å²) in [6.45, 7) is 5.16. The maximum absolute atomic E-state index is 12.5. The Hall–Kier alpha value is -1.80. The van der Waals surface area contributed by atoms with Crippen molar-refractivity contribution in [3.05, 3.63) is 28.8 Å². The summed E-state index contributed by atoms with van der Waals surface area (Å²) in [5, 5.41) is 13.3. The summed E-state index contributed by atoms with van der Waals surface area (Å²) >= 11 is 7.56. The first kappa shape index (κ1) is 17.6. The number of thioether (sulfide) groups is 1. The molecule has 0 N–H and O–H groups in total. The highest BCUT2D eigenvalue weighted by Crippen LogP contribution is 2.36. The van der Waals surface area contributed by atoms with Gasteiger partial charge in [-0.25, -0.2) is 4.68 Å². The van der Waals surface area contributed by atoms with Crippen molar-refractivity contribution in [3.8, 4) is 0 Å². The van der Waals surface area contributed by atoms with Gasteiger partial charge in [0.05, 0.1) is 11.8 Å². The molecule has 1 aromatic carbocycles. The molecule has 138 valence electrons. The van der Waals surface area contributed by atoms with Gasteiger partial charge in [-0.15, -0.1) is 5.10 Å². The van der Waals surface area contributed by atoms with Crippen molar-refractivity contribution in [2.24, 2.45) is 0 Å². The lowest BCUT2D eigenvalue weighted by atomic mass is 10.1. The third-order valence-corrected chi connectivity index (χ3v) is 5.98. The number of amides is 1. The van der Waals surface area contributed by atoms with Gasteiger partial charge in [0.1, 0.15) is 0 Å². The molecular formula is C17H21ClN6OS. The molecular weight excluding hydrogens is 372 g/mol. The molecule has 0 bridgehead atoms. The summed E-state index contributed by atoms with van der Waals surface area (Å²) in [6, 6.07) is 6.37. The fourth-order valence-corrected chi connectivity index (χ4v) is 4.18. The minimum Gasteiger partial charge on any atom is -0.368 e. The van der Waals surface area contributed by atoms with E-state index in [-0.39, 0.29) is 5.91 Å². The number of tetrazole rings is 1. The lowest BCUT2D eigenvalue weighted by Gasteiger charge is -2.36. The fourth-order valence-electron chi connectivity index (χ4n) is 3.17. The molecule has 1 amide bonds. The first-order chi connectivity index (χ1) is 12.6. The van der Waals surface area contributed by atoms with Gasteiger partial charge in [0.2, 0.25) is 11.1 Å². The van der Waals surface area contributed by atoms with Gasteiger partial charge >= 0.3 is 0 Å². The molecule has 1 aliphatic heterocycles. The second-order valence-electron chi connectivity index (χ2n) is 6.72. The molecule has 0 unspecified atom stereocenters. The zero-order valence-corrected chi connectivity index (χ0v) is 16.2. The number of rotatable bonds is 5. The molecule has 4 rings (SSSR count). The van der Waals surface area contributed by atoms with Gasteiger partial charge in [-0.1, -0.05) is 29.4 Å². The van der Waals surface area contributed by atoms with Gasteiger partial charge in [0.15, 0.2) is 0 Å². The largest absolute Gasteiger partial charge is 0.368 e. The smallest absolute Gasteiger partial charge is 0.233 e. The van der Waals surface area contributed by atoms with E-state index >= 15 is 0 Å². The van der Waals surface area contributed by atoms with Crippen LogP contribution in [-0.4, -0.2) is 62.9 Å². The number of halogens is 1. The average molecular weight is 393 g/mol. The van der Waals surface area contributed by atoms with E-state index < -0.39 is 0 Å². The van der Waals surface area contributed by atoms with E-state index in [4.69, 9.17) is 11.6 Å². The van der Waals surface area contributed by atoms with Crippen LogP contribution in [0.5, 0.6) is 0 Å². The number of carbonyl (C=O) groups excluding carboxylic acids is 1. The van der Waals surface area contributed by atoms with Gasteiger partial charge in [0, 0.05) is 36.9 Å². The van der Waals surface area contributed by atoms with Crippen molar-refractivity contribution in [2.75, 3.05) is 36.8 Å². The van der Waals surface area contributed by atoms with Crippen LogP contribution in [0, 0.1) is 6.92 Å². The lowest BCUT2D eigenvalue weighted by Crippen LogP contribution is -2.49. The van der Waals surface area contributed by atoms with Crippen molar-refractivity contribution in [2.45, 2.75) is 31.0 Å². The summed E-state index contributed by atoms with van der Waals surface area (Å²) in [7, 11) is 0. The molecule has 9 heteroatoms. The fraction of sp³-hybridized carbons (Fsp3) is 0.529. The van der Waals surface area contributed by atoms with Crippen molar-refractivity contribution in [1.29, 1.82) is 0 Å². The molecule has 1 aliphatic carbocycles. The van der Waals surface area contributed by atoms with Gasteiger partial charge in [0.25, 0.3) is 0 Å². The highest BCUT2D eigenvalue weighted by atomic mass is 35.5. The molecule has 2 aromatic rings. The van der Waals surface area contributed by atoms with Crippen LogP contribution in [0.4, 0.5) is 5.69 Å². The van der Waals surface area contributed by atoms with Crippen molar-refractivity contribution in [1.82, 2.24) is 25.1 Å². The van der Waals surface area contributed by atoms with E-state index in [1.165, 1.54) is 17.3 Å². The molecule has 0 radical (unpaired) electrons. The monoisotopic (exact) mass is 392 g/mol. The Morgan fingerprint density at radius 1 is 1.27 bits per heavy atom. The molecule has 2 heterocycles. The molecule has 0 atom stereocenters. The Kier molecular flexibility index (Phi) is 5.04. The summed E-state index contributed by atoms with van der Waals surface area (Å²) in [5.41, 5.74) is 2.36. The zero-order chi connectivity index (χ0) is 18.1. The number of aromatic nitrogens is 4. The minimum atomic E-state index is 0.141. The molecule has 1 saturated carbocycles. The van der Waals surface area contributed by atoms with Crippen LogP contribution >= 0.6 is 23.4 Å². The number of nitrogens with zero attached hydrogens (tertiary/aromatic N) is 6. The van der Waals surface area contributed by atoms with E-state index in [0.29, 0.717) is 11.8 Å². The quantitative estimate of drug-likeness (QED) is 0.728. The Labute approximate surface area is 161 Å². The Balaban J connectivity index is 1.30. The second-order valence-corrected chi connectivity index (χ2v) is 8.10. The van der Waals surface area contributed by atoms with Crippen LogP contribution in [0.25, 0.3) is 0 Å². The number of benzene rings is 1. The van der Waals surface area contributed by atoms with Crippen molar-refractivity contribution >= 4 is 35.0 Å². The number of hydrogen-bond donors (Lipinski definition) is 0. The number of anilines is 1. The maximum atomic E-state index is 12.5. The first-order valence-electron chi connectivity index (χ1n) is 8.81. The minimum absolute atomic E-state index is 0.141. The average Bonchev–Trinajstić information content (AvgIpc) is 3.40. The Morgan fingerprint density at radius 3 is 2.77 bits per heavy atom. The van der Waals surface area contributed by atoms with Gasteiger partial charge in [-0.3, -0.25) is 4.79 Å². The molecule has 26 heavy (non-hydrogen) atoms. The van der Waals surface area contributed by atoms with E-state index in [0.717, 1.165) is 54.9 Å². The van der Waals surface area contributed by atoms with Crippen LogP contribution in [-0.2, 0) is 4.79 Å². The van der Waals surface area contributed by atoms with Crippen LogP contribution in [0.1, 0.15) is 24.4 Å².